The number of benzene rings is 1. The van der Waals surface area contributed by atoms with Gasteiger partial charge in [0.15, 0.2) is 0 Å². The normalized spacial score (nSPS) is 10.9. The first-order chi connectivity index (χ1) is 9.65. The summed E-state index contributed by atoms with van der Waals surface area (Å²) in [6, 6.07) is 11.4. The van der Waals surface area contributed by atoms with Crippen LogP contribution in [0.15, 0.2) is 47.4 Å². The molecule has 0 radical (unpaired) electrons. The fraction of sp³-hybridized carbons (Fsp3) is 0.133. The molecule has 0 aliphatic rings. The molecule has 0 saturated carbocycles. The molecular formula is C15H13ClN2OS. The molecular weight excluding hydrogens is 292 g/mol. The quantitative estimate of drug-likeness (QED) is 0.797. The molecule has 0 spiro atoms. The Morgan fingerprint density at radius 3 is 2.80 bits per heavy atom. The summed E-state index contributed by atoms with van der Waals surface area (Å²) >= 11 is 8.08. The molecule has 0 unspecified atom stereocenters. The smallest absolute Gasteiger partial charge is 0.250 e. The summed E-state index contributed by atoms with van der Waals surface area (Å²) in [4.78, 5) is 12.4. The molecule has 3 nitrogen and oxygen atoms in total. The van der Waals surface area contributed by atoms with Crippen LogP contribution in [0, 0.1) is 0 Å². The van der Waals surface area contributed by atoms with E-state index >= 15 is 0 Å². The van der Waals surface area contributed by atoms with E-state index < -0.39 is 0 Å². The lowest BCUT2D eigenvalue weighted by Crippen LogP contribution is -2.15. The van der Waals surface area contributed by atoms with Crippen molar-refractivity contribution in [3.05, 3.63) is 62.8 Å². The number of nitrogens with zero attached hydrogens (tertiary/aromatic N) is 1. The molecule has 0 amide bonds. The zero-order chi connectivity index (χ0) is 14.1. The van der Waals surface area contributed by atoms with Crippen molar-refractivity contribution in [1.82, 2.24) is 4.57 Å². The van der Waals surface area contributed by atoms with Crippen LogP contribution in [0.4, 0.5) is 5.69 Å². The summed E-state index contributed by atoms with van der Waals surface area (Å²) in [7, 11) is 1.74. The molecule has 2 heterocycles. The van der Waals surface area contributed by atoms with Crippen LogP contribution in [0.5, 0.6) is 0 Å². The van der Waals surface area contributed by atoms with Crippen molar-refractivity contribution in [2.45, 2.75) is 6.54 Å². The standard InChI is InChI=1S/C15H13ClN2OS/c1-18-9-10(6-7-14(18)19)17-8-13-15(16)11-4-2-3-5-12(11)20-13/h2-7,9,17H,8H2,1H3. The van der Waals surface area contributed by atoms with Gasteiger partial charge in [-0.05, 0) is 12.1 Å². The lowest BCUT2D eigenvalue weighted by atomic mass is 10.2. The van der Waals surface area contributed by atoms with Gasteiger partial charge in [0, 0.05) is 34.3 Å². The highest BCUT2D eigenvalue weighted by Gasteiger charge is 2.09. The molecule has 5 heteroatoms. The third-order valence-corrected chi connectivity index (χ3v) is 4.85. The Labute approximate surface area is 125 Å². The summed E-state index contributed by atoms with van der Waals surface area (Å²) in [6.07, 6.45) is 1.78. The van der Waals surface area contributed by atoms with E-state index in [0.29, 0.717) is 6.54 Å². The minimum atomic E-state index is -0.0181. The Morgan fingerprint density at radius 1 is 1.25 bits per heavy atom. The van der Waals surface area contributed by atoms with E-state index in [0.717, 1.165) is 21.0 Å². The highest BCUT2D eigenvalue weighted by Crippen LogP contribution is 2.35. The van der Waals surface area contributed by atoms with Gasteiger partial charge in [-0.2, -0.15) is 0 Å². The molecule has 20 heavy (non-hydrogen) atoms. The lowest BCUT2D eigenvalue weighted by Gasteiger charge is -2.06. The first-order valence-corrected chi connectivity index (χ1v) is 7.41. The number of aryl methyl sites for hydroxylation is 1. The Kier molecular flexibility index (Phi) is 3.51. The Balaban J connectivity index is 1.84. The van der Waals surface area contributed by atoms with Crippen molar-refractivity contribution >= 4 is 38.7 Å². The fourth-order valence-electron chi connectivity index (χ4n) is 2.06. The highest BCUT2D eigenvalue weighted by molar-refractivity contribution is 7.19. The predicted octanol–water partition coefficient (Wildman–Crippen LogP) is 3.87. The van der Waals surface area contributed by atoms with Crippen LogP contribution in [0.25, 0.3) is 10.1 Å². The number of hydrogen-bond acceptors (Lipinski definition) is 3. The average molecular weight is 305 g/mol. The molecule has 3 rings (SSSR count). The van der Waals surface area contributed by atoms with Gasteiger partial charge < -0.3 is 9.88 Å². The number of rotatable bonds is 3. The number of halogens is 1. The molecule has 1 aromatic carbocycles. The summed E-state index contributed by atoms with van der Waals surface area (Å²) in [5.41, 5.74) is 0.885. The Hall–Kier alpha value is -1.78. The molecule has 0 bridgehead atoms. The van der Waals surface area contributed by atoms with E-state index in [1.54, 1.807) is 41.3 Å². The average Bonchev–Trinajstić information content (AvgIpc) is 2.77. The number of fused-ring (bicyclic) bond motifs is 1. The third kappa shape index (κ3) is 2.44. The molecule has 0 fully saturated rings. The Morgan fingerprint density at radius 2 is 2.05 bits per heavy atom. The first-order valence-electron chi connectivity index (χ1n) is 6.21. The second kappa shape index (κ2) is 5.31. The zero-order valence-electron chi connectivity index (χ0n) is 10.9. The molecule has 2 aromatic heterocycles. The maximum atomic E-state index is 11.3. The molecule has 3 aromatic rings. The van der Waals surface area contributed by atoms with Crippen LogP contribution in [-0.2, 0) is 13.6 Å². The predicted molar refractivity (Wildman–Crippen MR) is 85.8 cm³/mol. The number of pyridine rings is 1. The van der Waals surface area contributed by atoms with E-state index in [1.165, 1.54) is 4.70 Å². The maximum absolute atomic E-state index is 11.3. The fourth-order valence-corrected chi connectivity index (χ4v) is 3.50. The Bertz CT molecular complexity index is 822. The van der Waals surface area contributed by atoms with Crippen LogP contribution in [-0.4, -0.2) is 4.57 Å². The zero-order valence-corrected chi connectivity index (χ0v) is 12.5. The van der Waals surface area contributed by atoms with Gasteiger partial charge in [0.05, 0.1) is 17.3 Å². The second-order valence-corrected chi connectivity index (χ2v) is 6.07. The summed E-state index contributed by atoms with van der Waals surface area (Å²) < 4.78 is 2.74. The molecule has 0 aliphatic carbocycles. The van der Waals surface area contributed by atoms with E-state index in [1.807, 2.05) is 18.2 Å². The van der Waals surface area contributed by atoms with E-state index in [2.05, 4.69) is 11.4 Å². The van der Waals surface area contributed by atoms with Crippen molar-refractivity contribution < 1.29 is 0 Å². The van der Waals surface area contributed by atoms with Gasteiger partial charge in [-0.1, -0.05) is 29.8 Å². The SMILES string of the molecule is Cn1cc(NCc2sc3ccccc3c2Cl)ccc1=O. The number of hydrogen-bond donors (Lipinski definition) is 1. The summed E-state index contributed by atoms with van der Waals surface area (Å²) in [5, 5.41) is 5.20. The van der Waals surface area contributed by atoms with Gasteiger partial charge in [-0.3, -0.25) is 4.79 Å². The number of nitrogens with one attached hydrogen (secondary N) is 1. The van der Waals surface area contributed by atoms with Crippen molar-refractivity contribution in [2.24, 2.45) is 7.05 Å². The first kappa shape index (κ1) is 13.2. The van der Waals surface area contributed by atoms with E-state index in [4.69, 9.17) is 11.6 Å². The largest absolute Gasteiger partial charge is 0.379 e. The van der Waals surface area contributed by atoms with Gasteiger partial charge in [0.2, 0.25) is 5.56 Å². The molecule has 0 saturated heterocycles. The second-order valence-electron chi connectivity index (χ2n) is 4.56. The topological polar surface area (TPSA) is 34.0 Å². The molecule has 102 valence electrons. The van der Waals surface area contributed by atoms with Crippen LogP contribution in [0.2, 0.25) is 5.02 Å². The number of aromatic nitrogens is 1. The summed E-state index contributed by atoms with van der Waals surface area (Å²) in [5.74, 6) is 0. The number of thiophene rings is 1. The van der Waals surface area contributed by atoms with Crippen molar-refractivity contribution in [3.8, 4) is 0 Å². The van der Waals surface area contributed by atoms with E-state index in [-0.39, 0.29) is 5.56 Å². The molecule has 0 atom stereocenters. The van der Waals surface area contributed by atoms with E-state index in [9.17, 15) is 4.79 Å². The van der Waals surface area contributed by atoms with Crippen LogP contribution >= 0.6 is 22.9 Å². The van der Waals surface area contributed by atoms with Gasteiger partial charge in [0.25, 0.3) is 0 Å². The van der Waals surface area contributed by atoms with Crippen molar-refractivity contribution in [1.29, 1.82) is 0 Å². The van der Waals surface area contributed by atoms with Gasteiger partial charge >= 0.3 is 0 Å². The van der Waals surface area contributed by atoms with Gasteiger partial charge in [-0.15, -0.1) is 11.3 Å². The van der Waals surface area contributed by atoms with Crippen molar-refractivity contribution in [2.75, 3.05) is 5.32 Å². The third-order valence-electron chi connectivity index (χ3n) is 3.14. The molecule has 1 N–H and O–H groups in total. The highest BCUT2D eigenvalue weighted by atomic mass is 35.5. The minimum Gasteiger partial charge on any atom is -0.379 e. The molecule has 0 aliphatic heterocycles. The minimum absolute atomic E-state index is 0.0181. The van der Waals surface area contributed by atoms with Crippen LogP contribution in [0.3, 0.4) is 0 Å². The summed E-state index contributed by atoms with van der Waals surface area (Å²) in [6.45, 7) is 0.649. The monoisotopic (exact) mass is 304 g/mol. The number of anilines is 1. The van der Waals surface area contributed by atoms with Crippen molar-refractivity contribution in [3.63, 3.8) is 0 Å². The lowest BCUT2D eigenvalue weighted by molar-refractivity contribution is 0.859. The van der Waals surface area contributed by atoms with Gasteiger partial charge in [0.1, 0.15) is 0 Å². The van der Waals surface area contributed by atoms with Crippen LogP contribution in [0.1, 0.15) is 4.88 Å². The van der Waals surface area contributed by atoms with Crippen LogP contribution < -0.4 is 10.9 Å². The maximum Gasteiger partial charge on any atom is 0.250 e. The van der Waals surface area contributed by atoms with Gasteiger partial charge in [-0.25, -0.2) is 0 Å².